The fraction of sp³-hybridized carbons (Fsp3) is 0.467. The second kappa shape index (κ2) is 4.30. The Bertz CT molecular complexity index is 675. The van der Waals surface area contributed by atoms with Gasteiger partial charge in [0.25, 0.3) is 0 Å². The summed E-state index contributed by atoms with van der Waals surface area (Å²) < 4.78 is 14.0. The van der Waals surface area contributed by atoms with Crippen molar-refractivity contribution in [3.05, 3.63) is 29.2 Å². The minimum Gasteiger partial charge on any atom is -0.365 e. The van der Waals surface area contributed by atoms with Gasteiger partial charge in [-0.1, -0.05) is 13.8 Å². The van der Waals surface area contributed by atoms with Crippen LogP contribution in [0.3, 0.4) is 0 Å². The molecule has 0 aliphatic carbocycles. The van der Waals surface area contributed by atoms with E-state index in [0.717, 1.165) is 28.2 Å². The molecule has 0 saturated heterocycles. The molecule has 1 atom stereocenters. The molecule has 0 spiro atoms. The predicted molar refractivity (Wildman–Crippen MR) is 77.3 cm³/mol. The standard InChI is InChI=1S/C15H19FN4/c1-8(2)11-6-10(16)7-12-14-13(17-20(5)18-14)9(3)19(4)15(11)12/h6-9H,1-5H3/t9-/m0/s1. The lowest BCUT2D eigenvalue weighted by molar-refractivity contribution is 0.617. The summed E-state index contributed by atoms with van der Waals surface area (Å²) in [6.45, 7) is 6.27. The lowest BCUT2D eigenvalue weighted by atomic mass is 9.90. The summed E-state index contributed by atoms with van der Waals surface area (Å²) in [6, 6.07) is 3.33. The highest BCUT2D eigenvalue weighted by Crippen LogP contribution is 2.45. The Hall–Kier alpha value is -1.91. The first-order chi connectivity index (χ1) is 9.40. The van der Waals surface area contributed by atoms with E-state index >= 15 is 0 Å². The summed E-state index contributed by atoms with van der Waals surface area (Å²) in [4.78, 5) is 3.73. The number of benzene rings is 1. The SMILES string of the molecule is CC(C)c1cc(F)cc2c1N(C)[C@@H](C)c1nn(C)nc1-2. The molecule has 2 aromatic rings. The van der Waals surface area contributed by atoms with Crippen LogP contribution in [-0.4, -0.2) is 22.0 Å². The number of anilines is 1. The third kappa shape index (κ3) is 1.72. The molecule has 0 bridgehead atoms. The number of hydrogen-bond donors (Lipinski definition) is 0. The van der Waals surface area contributed by atoms with Crippen LogP contribution in [-0.2, 0) is 7.05 Å². The number of nitrogens with zero attached hydrogens (tertiary/aromatic N) is 4. The lowest BCUT2D eigenvalue weighted by Gasteiger charge is -2.34. The van der Waals surface area contributed by atoms with E-state index in [1.165, 1.54) is 0 Å². The van der Waals surface area contributed by atoms with Gasteiger partial charge >= 0.3 is 0 Å². The summed E-state index contributed by atoms with van der Waals surface area (Å²) in [5.41, 5.74) is 4.64. The molecule has 2 heterocycles. The quantitative estimate of drug-likeness (QED) is 0.800. The largest absolute Gasteiger partial charge is 0.365 e. The van der Waals surface area contributed by atoms with Crippen LogP contribution in [0.2, 0.25) is 0 Å². The fourth-order valence-corrected chi connectivity index (χ4v) is 2.91. The molecule has 0 fully saturated rings. The van der Waals surface area contributed by atoms with Crippen molar-refractivity contribution >= 4 is 5.69 Å². The third-order valence-electron chi connectivity index (χ3n) is 4.05. The Morgan fingerprint density at radius 2 is 1.90 bits per heavy atom. The van der Waals surface area contributed by atoms with E-state index in [0.29, 0.717) is 0 Å². The number of hydrogen-bond acceptors (Lipinski definition) is 3. The molecule has 1 aliphatic heterocycles. The normalized spacial score (nSPS) is 17.4. The Morgan fingerprint density at radius 1 is 1.20 bits per heavy atom. The van der Waals surface area contributed by atoms with E-state index in [9.17, 15) is 4.39 Å². The van der Waals surface area contributed by atoms with Crippen LogP contribution >= 0.6 is 0 Å². The average Bonchev–Trinajstić information content (AvgIpc) is 2.77. The van der Waals surface area contributed by atoms with Gasteiger partial charge in [0.15, 0.2) is 0 Å². The van der Waals surface area contributed by atoms with Crippen molar-refractivity contribution in [3.63, 3.8) is 0 Å². The topological polar surface area (TPSA) is 34.0 Å². The molecule has 5 heteroatoms. The Kier molecular flexibility index (Phi) is 2.81. The number of aryl methyl sites for hydroxylation is 1. The first kappa shape index (κ1) is 13.1. The van der Waals surface area contributed by atoms with Crippen molar-refractivity contribution in [3.8, 4) is 11.3 Å². The average molecular weight is 274 g/mol. The smallest absolute Gasteiger partial charge is 0.124 e. The van der Waals surface area contributed by atoms with Crippen LogP contribution in [0.1, 0.15) is 44.0 Å². The van der Waals surface area contributed by atoms with Crippen LogP contribution in [0.5, 0.6) is 0 Å². The molecule has 0 radical (unpaired) electrons. The summed E-state index contributed by atoms with van der Waals surface area (Å²) >= 11 is 0. The zero-order chi connectivity index (χ0) is 14.6. The maximum absolute atomic E-state index is 14.0. The molecular formula is C15H19FN4. The molecule has 0 amide bonds. The molecule has 1 aliphatic rings. The van der Waals surface area contributed by atoms with Gasteiger partial charge in [0.1, 0.15) is 17.2 Å². The third-order valence-corrected chi connectivity index (χ3v) is 4.05. The van der Waals surface area contributed by atoms with Crippen molar-refractivity contribution in [1.29, 1.82) is 0 Å². The van der Waals surface area contributed by atoms with Crippen LogP contribution in [0, 0.1) is 5.82 Å². The van der Waals surface area contributed by atoms with Gasteiger partial charge in [0.2, 0.25) is 0 Å². The van der Waals surface area contributed by atoms with Gasteiger partial charge in [-0.3, -0.25) is 0 Å². The van der Waals surface area contributed by atoms with Crippen LogP contribution in [0.4, 0.5) is 10.1 Å². The summed E-state index contributed by atoms with van der Waals surface area (Å²) in [7, 11) is 3.83. The maximum Gasteiger partial charge on any atom is 0.124 e. The zero-order valence-corrected chi connectivity index (χ0v) is 12.5. The van der Waals surface area contributed by atoms with Crippen LogP contribution < -0.4 is 4.90 Å². The second-order valence-electron chi connectivity index (χ2n) is 5.76. The maximum atomic E-state index is 14.0. The second-order valence-corrected chi connectivity index (χ2v) is 5.76. The van der Waals surface area contributed by atoms with Gasteiger partial charge in [-0.15, -0.1) is 0 Å². The zero-order valence-electron chi connectivity index (χ0n) is 12.5. The van der Waals surface area contributed by atoms with E-state index in [-0.39, 0.29) is 17.8 Å². The molecular weight excluding hydrogens is 255 g/mol. The monoisotopic (exact) mass is 274 g/mol. The number of rotatable bonds is 1. The van der Waals surface area contributed by atoms with Gasteiger partial charge in [0, 0.05) is 19.7 Å². The van der Waals surface area contributed by atoms with Crippen molar-refractivity contribution < 1.29 is 4.39 Å². The molecule has 0 saturated carbocycles. The van der Waals surface area contributed by atoms with Crippen molar-refractivity contribution in [2.24, 2.45) is 7.05 Å². The molecule has 20 heavy (non-hydrogen) atoms. The molecule has 1 aromatic carbocycles. The Balaban J connectivity index is 2.36. The lowest BCUT2D eigenvalue weighted by Crippen LogP contribution is -2.28. The Morgan fingerprint density at radius 3 is 2.55 bits per heavy atom. The van der Waals surface area contributed by atoms with E-state index < -0.39 is 0 Å². The predicted octanol–water partition coefficient (Wildman–Crippen LogP) is 3.26. The van der Waals surface area contributed by atoms with Crippen LogP contribution in [0.25, 0.3) is 11.3 Å². The first-order valence-corrected chi connectivity index (χ1v) is 6.88. The summed E-state index contributed by atoms with van der Waals surface area (Å²) in [6.07, 6.45) is 0. The van der Waals surface area contributed by atoms with Gasteiger partial charge in [-0.2, -0.15) is 15.0 Å². The molecule has 1 aromatic heterocycles. The number of aromatic nitrogens is 3. The number of halogens is 1. The van der Waals surface area contributed by atoms with Gasteiger partial charge in [-0.05, 0) is 30.5 Å². The highest BCUT2D eigenvalue weighted by atomic mass is 19.1. The van der Waals surface area contributed by atoms with Gasteiger partial charge in [0.05, 0.1) is 11.7 Å². The van der Waals surface area contributed by atoms with Crippen molar-refractivity contribution in [1.82, 2.24) is 15.0 Å². The number of fused-ring (bicyclic) bond motifs is 3. The summed E-state index contributed by atoms with van der Waals surface area (Å²) in [5.74, 6) is 0.0410. The molecule has 106 valence electrons. The van der Waals surface area contributed by atoms with Crippen LogP contribution in [0.15, 0.2) is 12.1 Å². The highest BCUT2D eigenvalue weighted by Gasteiger charge is 2.32. The first-order valence-electron chi connectivity index (χ1n) is 6.88. The molecule has 3 rings (SSSR count). The Labute approximate surface area is 118 Å². The van der Waals surface area contributed by atoms with E-state index in [4.69, 9.17) is 0 Å². The molecule has 0 unspecified atom stereocenters. The van der Waals surface area contributed by atoms with E-state index in [2.05, 4.69) is 35.9 Å². The van der Waals surface area contributed by atoms with Gasteiger partial charge < -0.3 is 4.90 Å². The fourth-order valence-electron chi connectivity index (χ4n) is 2.91. The summed E-state index contributed by atoms with van der Waals surface area (Å²) in [5, 5.41) is 8.86. The van der Waals surface area contributed by atoms with E-state index in [1.807, 2.05) is 7.05 Å². The van der Waals surface area contributed by atoms with Crippen molar-refractivity contribution in [2.45, 2.75) is 32.7 Å². The van der Waals surface area contributed by atoms with E-state index in [1.54, 1.807) is 24.0 Å². The minimum absolute atomic E-state index is 0.133. The van der Waals surface area contributed by atoms with Gasteiger partial charge in [-0.25, -0.2) is 4.39 Å². The molecule has 4 nitrogen and oxygen atoms in total. The highest BCUT2D eigenvalue weighted by molar-refractivity contribution is 5.84. The van der Waals surface area contributed by atoms with Crippen molar-refractivity contribution in [2.75, 3.05) is 11.9 Å². The minimum atomic E-state index is -0.216. The molecule has 0 N–H and O–H groups in total.